The number of rotatable bonds is 4. The number of carbonyl (C=O) groups is 1. The zero-order chi connectivity index (χ0) is 15.4. The van der Waals surface area contributed by atoms with Crippen LogP contribution in [0.15, 0.2) is 48.5 Å². The average molecular weight is 303 g/mol. The Morgan fingerprint density at radius 1 is 1.14 bits per heavy atom. The van der Waals surface area contributed by atoms with Crippen molar-refractivity contribution in [3.8, 4) is 0 Å². The number of hydrogen-bond donors (Lipinski definition) is 2. The molecule has 2 aromatic carbocycles. The Balaban J connectivity index is 2.11. The number of benzene rings is 2. The lowest BCUT2D eigenvalue weighted by Crippen LogP contribution is -2.30. The third kappa shape index (κ3) is 3.63. The van der Waals surface area contributed by atoms with Crippen LogP contribution in [-0.4, -0.2) is 5.91 Å². The van der Waals surface area contributed by atoms with Gasteiger partial charge in [0.1, 0.15) is 0 Å². The number of halogens is 1. The predicted octanol–water partition coefficient (Wildman–Crippen LogP) is 3.92. The highest BCUT2D eigenvalue weighted by molar-refractivity contribution is 6.31. The molecular weight excluding hydrogens is 284 g/mol. The Kier molecular flexibility index (Phi) is 4.99. The molecule has 0 bridgehead atoms. The number of amides is 1. The maximum atomic E-state index is 12.4. The van der Waals surface area contributed by atoms with Gasteiger partial charge in [-0.1, -0.05) is 54.9 Å². The van der Waals surface area contributed by atoms with Gasteiger partial charge in [0, 0.05) is 16.8 Å². The Hall–Kier alpha value is -1.84. The maximum Gasteiger partial charge on any atom is 0.229 e. The molecule has 2 aromatic rings. The molecule has 0 aliphatic carbocycles. The van der Waals surface area contributed by atoms with Crippen LogP contribution in [0.5, 0.6) is 0 Å². The van der Waals surface area contributed by atoms with Crippen LogP contribution in [0.2, 0.25) is 5.02 Å². The molecule has 0 saturated carbocycles. The number of hydrogen-bond acceptors (Lipinski definition) is 2. The monoisotopic (exact) mass is 302 g/mol. The van der Waals surface area contributed by atoms with Gasteiger partial charge in [0.05, 0.1) is 5.92 Å². The molecule has 0 spiro atoms. The van der Waals surface area contributed by atoms with Gasteiger partial charge in [-0.15, -0.1) is 0 Å². The summed E-state index contributed by atoms with van der Waals surface area (Å²) in [6.45, 7) is 3.70. The molecule has 3 nitrogen and oxygen atoms in total. The minimum atomic E-state index is -0.342. The zero-order valence-electron chi connectivity index (χ0n) is 12.1. The van der Waals surface area contributed by atoms with E-state index in [2.05, 4.69) is 5.32 Å². The van der Waals surface area contributed by atoms with Crippen LogP contribution in [0, 0.1) is 12.8 Å². The second kappa shape index (κ2) is 6.74. The number of carbonyl (C=O) groups excluding carboxylic acids is 1. The molecule has 21 heavy (non-hydrogen) atoms. The Morgan fingerprint density at radius 3 is 2.48 bits per heavy atom. The van der Waals surface area contributed by atoms with Gasteiger partial charge >= 0.3 is 0 Å². The highest BCUT2D eigenvalue weighted by atomic mass is 35.5. The van der Waals surface area contributed by atoms with Gasteiger partial charge in [-0.3, -0.25) is 4.79 Å². The van der Waals surface area contributed by atoms with E-state index in [1.165, 1.54) is 0 Å². The molecule has 0 heterocycles. The van der Waals surface area contributed by atoms with E-state index in [4.69, 9.17) is 17.3 Å². The van der Waals surface area contributed by atoms with Gasteiger partial charge in [-0.25, -0.2) is 0 Å². The second-order valence-electron chi connectivity index (χ2n) is 5.13. The van der Waals surface area contributed by atoms with E-state index in [9.17, 15) is 4.79 Å². The van der Waals surface area contributed by atoms with Crippen LogP contribution in [-0.2, 0) is 4.79 Å². The van der Waals surface area contributed by atoms with Gasteiger partial charge in [-0.2, -0.15) is 0 Å². The van der Waals surface area contributed by atoms with Gasteiger partial charge in [0.25, 0.3) is 0 Å². The van der Waals surface area contributed by atoms with Crippen molar-refractivity contribution in [2.45, 2.75) is 19.9 Å². The molecule has 110 valence electrons. The summed E-state index contributed by atoms with van der Waals surface area (Å²) in [6, 6.07) is 14.7. The highest BCUT2D eigenvalue weighted by Crippen LogP contribution is 2.25. The molecular formula is C17H19ClN2O. The fourth-order valence-electron chi connectivity index (χ4n) is 2.12. The third-order valence-corrected chi connectivity index (χ3v) is 4.07. The lowest BCUT2D eigenvalue weighted by Gasteiger charge is -2.20. The van der Waals surface area contributed by atoms with Gasteiger partial charge in [0.15, 0.2) is 0 Å². The first-order valence-corrected chi connectivity index (χ1v) is 7.25. The molecule has 0 aliphatic heterocycles. The molecule has 0 fully saturated rings. The molecule has 3 N–H and O–H groups in total. The topological polar surface area (TPSA) is 55.1 Å². The predicted molar refractivity (Wildman–Crippen MR) is 87.4 cm³/mol. The zero-order valence-corrected chi connectivity index (χ0v) is 12.9. The first kappa shape index (κ1) is 15.5. The first-order valence-electron chi connectivity index (χ1n) is 6.87. The molecule has 1 amide bonds. The Morgan fingerprint density at radius 2 is 1.81 bits per heavy atom. The van der Waals surface area contributed by atoms with Crippen LogP contribution in [0.4, 0.5) is 5.69 Å². The van der Waals surface area contributed by atoms with E-state index < -0.39 is 0 Å². The van der Waals surface area contributed by atoms with Crippen molar-refractivity contribution in [2.24, 2.45) is 11.7 Å². The average Bonchev–Trinajstić information content (AvgIpc) is 2.51. The van der Waals surface area contributed by atoms with Crippen LogP contribution in [0.3, 0.4) is 0 Å². The van der Waals surface area contributed by atoms with Crippen LogP contribution < -0.4 is 11.1 Å². The molecule has 2 unspecified atom stereocenters. The van der Waals surface area contributed by atoms with E-state index in [1.54, 1.807) is 6.07 Å². The third-order valence-electron chi connectivity index (χ3n) is 3.66. The summed E-state index contributed by atoms with van der Waals surface area (Å²) < 4.78 is 0. The molecule has 0 saturated heterocycles. The van der Waals surface area contributed by atoms with Crippen LogP contribution >= 0.6 is 11.6 Å². The summed E-state index contributed by atoms with van der Waals surface area (Å²) in [5.41, 5.74) is 8.70. The van der Waals surface area contributed by atoms with E-state index in [0.717, 1.165) is 16.8 Å². The lowest BCUT2D eigenvalue weighted by atomic mass is 9.94. The summed E-state index contributed by atoms with van der Waals surface area (Å²) in [4.78, 5) is 12.4. The van der Waals surface area contributed by atoms with Gasteiger partial charge in [0.2, 0.25) is 5.91 Å². The molecule has 0 radical (unpaired) electrons. The van der Waals surface area contributed by atoms with E-state index in [-0.39, 0.29) is 17.9 Å². The Labute approximate surface area is 130 Å². The Bertz CT molecular complexity index is 628. The van der Waals surface area contributed by atoms with E-state index in [0.29, 0.717) is 5.02 Å². The molecule has 0 aliphatic rings. The van der Waals surface area contributed by atoms with Gasteiger partial charge < -0.3 is 11.1 Å². The number of nitrogens with two attached hydrogens (primary N) is 1. The molecule has 0 aromatic heterocycles. The minimum absolute atomic E-state index is 0.114. The lowest BCUT2D eigenvalue weighted by molar-refractivity contribution is -0.120. The van der Waals surface area contributed by atoms with Crippen molar-refractivity contribution >= 4 is 23.2 Å². The fraction of sp³-hybridized carbons (Fsp3) is 0.235. The van der Waals surface area contributed by atoms with Crippen molar-refractivity contribution in [3.05, 3.63) is 64.7 Å². The number of anilines is 1. The smallest absolute Gasteiger partial charge is 0.229 e. The van der Waals surface area contributed by atoms with Crippen LogP contribution in [0.1, 0.15) is 24.1 Å². The fourth-order valence-corrected chi connectivity index (χ4v) is 2.29. The summed E-state index contributed by atoms with van der Waals surface area (Å²) >= 11 is 6.06. The number of nitrogens with one attached hydrogen (secondary N) is 1. The van der Waals surface area contributed by atoms with E-state index in [1.807, 2.05) is 56.3 Å². The molecule has 2 atom stereocenters. The van der Waals surface area contributed by atoms with Gasteiger partial charge in [-0.05, 0) is 30.2 Å². The molecule has 2 rings (SSSR count). The largest absolute Gasteiger partial charge is 0.326 e. The standard InChI is InChI=1S/C17H19ClN2O/c1-11-14(18)9-6-10-15(11)20-17(21)12(2)16(19)13-7-4-3-5-8-13/h3-10,12,16H,19H2,1-2H3,(H,20,21). The first-order chi connectivity index (χ1) is 10.0. The highest BCUT2D eigenvalue weighted by Gasteiger charge is 2.22. The van der Waals surface area contributed by atoms with Crippen molar-refractivity contribution in [1.82, 2.24) is 0 Å². The summed E-state index contributed by atoms with van der Waals surface area (Å²) in [5.74, 6) is -0.456. The van der Waals surface area contributed by atoms with Crippen molar-refractivity contribution in [2.75, 3.05) is 5.32 Å². The summed E-state index contributed by atoms with van der Waals surface area (Å²) in [7, 11) is 0. The van der Waals surface area contributed by atoms with Crippen LogP contribution in [0.25, 0.3) is 0 Å². The van der Waals surface area contributed by atoms with E-state index >= 15 is 0 Å². The SMILES string of the molecule is Cc1c(Cl)cccc1NC(=O)C(C)C(N)c1ccccc1. The van der Waals surface area contributed by atoms with Crippen molar-refractivity contribution in [3.63, 3.8) is 0 Å². The molecule has 4 heteroatoms. The second-order valence-corrected chi connectivity index (χ2v) is 5.53. The summed E-state index contributed by atoms with van der Waals surface area (Å²) in [5, 5.41) is 3.53. The normalized spacial score (nSPS) is 13.5. The minimum Gasteiger partial charge on any atom is -0.326 e. The summed E-state index contributed by atoms with van der Waals surface area (Å²) in [6.07, 6.45) is 0. The van der Waals surface area contributed by atoms with Crippen molar-refractivity contribution in [1.29, 1.82) is 0 Å². The maximum absolute atomic E-state index is 12.4. The quantitative estimate of drug-likeness (QED) is 0.899. The van der Waals surface area contributed by atoms with Crippen molar-refractivity contribution < 1.29 is 4.79 Å².